The topological polar surface area (TPSA) is 30.9 Å². The van der Waals surface area contributed by atoms with Crippen molar-refractivity contribution in [2.75, 3.05) is 40.3 Å². The standard InChI is InChI=1S/C17H34N4.HI/c1-5-14(2)20(4)11-10-19-17(18-3)21-12-15-8-6-7-9-16(15)13-21;/h14-16H,5-13H2,1-4H3,(H,18,19);1H. The van der Waals surface area contributed by atoms with Crippen molar-refractivity contribution in [3.8, 4) is 0 Å². The van der Waals surface area contributed by atoms with Crippen LogP contribution < -0.4 is 5.32 Å². The number of hydrogen-bond acceptors (Lipinski definition) is 2. The van der Waals surface area contributed by atoms with E-state index >= 15 is 0 Å². The molecule has 22 heavy (non-hydrogen) atoms. The molecule has 2 rings (SSSR count). The van der Waals surface area contributed by atoms with E-state index in [1.807, 2.05) is 7.05 Å². The van der Waals surface area contributed by atoms with Crippen LogP contribution in [0.3, 0.4) is 0 Å². The van der Waals surface area contributed by atoms with Gasteiger partial charge in [-0.25, -0.2) is 0 Å². The van der Waals surface area contributed by atoms with E-state index in [0.717, 1.165) is 30.9 Å². The Kier molecular flexibility index (Phi) is 9.05. The fraction of sp³-hybridized carbons (Fsp3) is 0.941. The van der Waals surface area contributed by atoms with E-state index in [4.69, 9.17) is 0 Å². The first-order valence-electron chi connectivity index (χ1n) is 8.81. The first-order valence-corrected chi connectivity index (χ1v) is 8.81. The second-order valence-electron chi connectivity index (χ2n) is 6.92. The Balaban J connectivity index is 0.00000242. The molecule has 1 N–H and O–H groups in total. The van der Waals surface area contributed by atoms with Crippen LogP contribution in [0.4, 0.5) is 0 Å². The van der Waals surface area contributed by atoms with E-state index in [2.05, 4.69) is 41.0 Å². The quantitative estimate of drug-likeness (QED) is 0.420. The summed E-state index contributed by atoms with van der Waals surface area (Å²) in [5.41, 5.74) is 0. The summed E-state index contributed by atoms with van der Waals surface area (Å²) in [5, 5.41) is 3.57. The molecule has 2 fully saturated rings. The van der Waals surface area contributed by atoms with Gasteiger partial charge in [0.2, 0.25) is 0 Å². The summed E-state index contributed by atoms with van der Waals surface area (Å²) in [7, 11) is 4.13. The molecule has 0 aromatic carbocycles. The predicted octanol–water partition coefficient (Wildman–Crippen LogP) is 3.03. The van der Waals surface area contributed by atoms with Crippen LogP contribution in [0.1, 0.15) is 46.0 Å². The molecule has 0 aromatic rings. The van der Waals surface area contributed by atoms with E-state index in [-0.39, 0.29) is 24.0 Å². The van der Waals surface area contributed by atoms with E-state index in [1.165, 1.54) is 45.2 Å². The summed E-state index contributed by atoms with van der Waals surface area (Å²) >= 11 is 0. The van der Waals surface area contributed by atoms with Gasteiger partial charge in [0, 0.05) is 39.3 Å². The molecule has 2 aliphatic rings. The van der Waals surface area contributed by atoms with Crippen molar-refractivity contribution in [2.24, 2.45) is 16.8 Å². The number of rotatable bonds is 5. The van der Waals surface area contributed by atoms with Gasteiger partial charge in [-0.05, 0) is 45.1 Å². The lowest BCUT2D eigenvalue weighted by Gasteiger charge is -2.26. The zero-order chi connectivity index (χ0) is 15.2. The lowest BCUT2D eigenvalue weighted by molar-refractivity contribution is 0.255. The van der Waals surface area contributed by atoms with Crippen LogP contribution in [0, 0.1) is 11.8 Å². The van der Waals surface area contributed by atoms with Crippen molar-refractivity contribution >= 4 is 29.9 Å². The molecular weight excluding hydrogens is 387 g/mol. The minimum absolute atomic E-state index is 0. The van der Waals surface area contributed by atoms with Crippen LogP contribution in [0.15, 0.2) is 4.99 Å². The molecule has 1 saturated carbocycles. The van der Waals surface area contributed by atoms with Crippen molar-refractivity contribution in [3.63, 3.8) is 0 Å². The Labute approximate surface area is 154 Å². The highest BCUT2D eigenvalue weighted by Crippen LogP contribution is 2.35. The van der Waals surface area contributed by atoms with E-state index in [9.17, 15) is 0 Å². The Hall–Kier alpha value is -0.0400. The highest BCUT2D eigenvalue weighted by molar-refractivity contribution is 14.0. The number of aliphatic imine (C=N–C) groups is 1. The first-order chi connectivity index (χ1) is 10.2. The number of likely N-dealkylation sites (tertiary alicyclic amines) is 1. The normalized spacial score (nSPS) is 26.6. The molecule has 0 amide bonds. The number of halogens is 1. The second-order valence-corrected chi connectivity index (χ2v) is 6.92. The fourth-order valence-electron chi connectivity index (χ4n) is 3.79. The molecule has 0 bridgehead atoms. The third-order valence-electron chi connectivity index (χ3n) is 5.58. The highest BCUT2D eigenvalue weighted by atomic mass is 127. The maximum atomic E-state index is 4.50. The fourth-order valence-corrected chi connectivity index (χ4v) is 3.79. The molecule has 0 radical (unpaired) electrons. The smallest absolute Gasteiger partial charge is 0.193 e. The second kappa shape index (κ2) is 9.96. The molecule has 1 aliphatic heterocycles. The van der Waals surface area contributed by atoms with Crippen LogP contribution in [0.5, 0.6) is 0 Å². The van der Waals surface area contributed by atoms with Gasteiger partial charge in [-0.2, -0.15) is 0 Å². The van der Waals surface area contributed by atoms with Gasteiger partial charge < -0.3 is 15.1 Å². The number of fused-ring (bicyclic) bond motifs is 1. The third-order valence-corrected chi connectivity index (χ3v) is 5.58. The molecule has 0 aromatic heterocycles. The zero-order valence-electron chi connectivity index (χ0n) is 14.8. The summed E-state index contributed by atoms with van der Waals surface area (Å²) in [6.07, 6.45) is 6.92. The van der Waals surface area contributed by atoms with E-state index in [1.54, 1.807) is 0 Å². The van der Waals surface area contributed by atoms with Crippen molar-refractivity contribution in [2.45, 2.75) is 52.0 Å². The Morgan fingerprint density at radius 1 is 1.27 bits per heavy atom. The van der Waals surface area contributed by atoms with E-state index < -0.39 is 0 Å². The van der Waals surface area contributed by atoms with Gasteiger partial charge in [0.05, 0.1) is 0 Å². The van der Waals surface area contributed by atoms with Crippen molar-refractivity contribution in [1.29, 1.82) is 0 Å². The molecule has 1 heterocycles. The van der Waals surface area contributed by atoms with Crippen molar-refractivity contribution in [1.82, 2.24) is 15.1 Å². The largest absolute Gasteiger partial charge is 0.355 e. The molecule has 0 spiro atoms. The van der Waals surface area contributed by atoms with Gasteiger partial charge in [0.25, 0.3) is 0 Å². The lowest BCUT2D eigenvalue weighted by atomic mass is 9.82. The highest BCUT2D eigenvalue weighted by Gasteiger charge is 2.35. The number of nitrogens with zero attached hydrogens (tertiary/aromatic N) is 3. The molecular formula is C17H35IN4. The number of likely N-dealkylation sites (N-methyl/N-ethyl adjacent to an activating group) is 1. The van der Waals surface area contributed by atoms with Crippen LogP contribution in [0.25, 0.3) is 0 Å². The van der Waals surface area contributed by atoms with Gasteiger partial charge in [0.15, 0.2) is 5.96 Å². The Morgan fingerprint density at radius 3 is 2.36 bits per heavy atom. The number of nitrogens with one attached hydrogen (secondary N) is 1. The Morgan fingerprint density at radius 2 is 1.86 bits per heavy atom. The van der Waals surface area contributed by atoms with Crippen LogP contribution >= 0.6 is 24.0 Å². The molecule has 4 nitrogen and oxygen atoms in total. The maximum absolute atomic E-state index is 4.50. The lowest BCUT2D eigenvalue weighted by Crippen LogP contribution is -2.44. The van der Waals surface area contributed by atoms with Crippen LogP contribution in [0.2, 0.25) is 0 Å². The van der Waals surface area contributed by atoms with E-state index in [0.29, 0.717) is 6.04 Å². The average Bonchev–Trinajstić information content (AvgIpc) is 2.94. The first kappa shape index (κ1) is 20.0. The van der Waals surface area contributed by atoms with Gasteiger partial charge in [-0.15, -0.1) is 24.0 Å². The van der Waals surface area contributed by atoms with Crippen molar-refractivity contribution in [3.05, 3.63) is 0 Å². The van der Waals surface area contributed by atoms with Gasteiger partial charge in [-0.1, -0.05) is 19.8 Å². The summed E-state index contributed by atoms with van der Waals surface area (Å²) < 4.78 is 0. The predicted molar refractivity (Wildman–Crippen MR) is 106 cm³/mol. The third kappa shape index (κ3) is 5.25. The molecule has 3 atom stereocenters. The summed E-state index contributed by atoms with van der Waals surface area (Å²) in [4.78, 5) is 9.41. The molecule has 1 saturated heterocycles. The summed E-state index contributed by atoms with van der Waals surface area (Å²) in [6, 6.07) is 0.656. The average molecular weight is 422 g/mol. The SMILES string of the molecule is CCC(C)N(C)CCNC(=NC)N1CC2CCCCC2C1.I. The maximum Gasteiger partial charge on any atom is 0.193 e. The number of guanidine groups is 1. The number of hydrogen-bond donors (Lipinski definition) is 1. The van der Waals surface area contributed by atoms with Crippen molar-refractivity contribution < 1.29 is 0 Å². The minimum atomic E-state index is 0. The Bertz CT molecular complexity index is 334. The van der Waals surface area contributed by atoms with Gasteiger partial charge in [0.1, 0.15) is 0 Å². The molecule has 3 unspecified atom stereocenters. The zero-order valence-corrected chi connectivity index (χ0v) is 17.2. The molecule has 130 valence electrons. The van der Waals surface area contributed by atoms with Gasteiger partial charge >= 0.3 is 0 Å². The summed E-state index contributed by atoms with van der Waals surface area (Å²) in [5.74, 6) is 2.95. The molecule has 1 aliphatic carbocycles. The van der Waals surface area contributed by atoms with Crippen LogP contribution in [-0.2, 0) is 0 Å². The summed E-state index contributed by atoms with van der Waals surface area (Å²) in [6.45, 7) is 9.03. The minimum Gasteiger partial charge on any atom is -0.355 e. The monoisotopic (exact) mass is 422 g/mol. The molecule has 5 heteroatoms. The van der Waals surface area contributed by atoms with Crippen LogP contribution in [-0.4, -0.2) is 62.1 Å². The van der Waals surface area contributed by atoms with Gasteiger partial charge in [-0.3, -0.25) is 4.99 Å².